The molecule has 2 saturated carbocycles. The van der Waals surface area contributed by atoms with Crippen molar-refractivity contribution < 1.29 is 5.11 Å². The first-order valence-corrected chi connectivity index (χ1v) is 6.88. The molecule has 1 N–H and O–H groups in total. The van der Waals surface area contributed by atoms with Gasteiger partial charge in [0.1, 0.15) is 0 Å². The highest BCUT2D eigenvalue weighted by Crippen LogP contribution is 2.34. The van der Waals surface area contributed by atoms with Crippen LogP contribution in [0.25, 0.3) is 0 Å². The number of aliphatic hydroxyl groups is 1. The van der Waals surface area contributed by atoms with Gasteiger partial charge in [-0.05, 0) is 43.9 Å². The van der Waals surface area contributed by atoms with Crippen LogP contribution in [0.2, 0.25) is 0 Å². The van der Waals surface area contributed by atoms with Gasteiger partial charge in [0.2, 0.25) is 0 Å². The highest BCUT2D eigenvalue weighted by atomic mass is 16.3. The van der Waals surface area contributed by atoms with E-state index in [2.05, 4.69) is 0 Å². The molecule has 0 saturated heterocycles. The molecule has 0 aliphatic heterocycles. The fourth-order valence-corrected chi connectivity index (χ4v) is 3.24. The van der Waals surface area contributed by atoms with E-state index < -0.39 is 0 Å². The SMILES string of the molecule is OC(C[C]1CCCCC1)C1CCCCC1. The average molecular weight is 209 g/mol. The lowest BCUT2D eigenvalue weighted by molar-refractivity contribution is 0.0773. The molecule has 2 aliphatic carbocycles. The molecule has 1 unspecified atom stereocenters. The Morgan fingerprint density at radius 1 is 0.933 bits per heavy atom. The lowest BCUT2D eigenvalue weighted by Crippen LogP contribution is -2.25. The van der Waals surface area contributed by atoms with Crippen LogP contribution in [0.5, 0.6) is 0 Å². The highest BCUT2D eigenvalue weighted by Gasteiger charge is 2.25. The summed E-state index contributed by atoms with van der Waals surface area (Å²) >= 11 is 0. The van der Waals surface area contributed by atoms with Crippen LogP contribution in [0, 0.1) is 11.8 Å². The second-order valence-electron chi connectivity index (χ2n) is 5.48. The van der Waals surface area contributed by atoms with Crippen molar-refractivity contribution in [2.45, 2.75) is 76.7 Å². The Morgan fingerprint density at radius 3 is 2.20 bits per heavy atom. The lowest BCUT2D eigenvalue weighted by Gasteiger charge is -2.30. The van der Waals surface area contributed by atoms with Crippen LogP contribution in [0.3, 0.4) is 0 Å². The molecule has 87 valence electrons. The predicted molar refractivity (Wildman–Crippen MR) is 63.5 cm³/mol. The zero-order valence-corrected chi connectivity index (χ0v) is 9.88. The van der Waals surface area contributed by atoms with Gasteiger partial charge in [0.15, 0.2) is 0 Å². The summed E-state index contributed by atoms with van der Waals surface area (Å²) in [5, 5.41) is 10.2. The largest absolute Gasteiger partial charge is 0.393 e. The summed E-state index contributed by atoms with van der Waals surface area (Å²) in [5.74, 6) is 2.27. The fraction of sp³-hybridized carbons (Fsp3) is 0.929. The molecule has 0 bridgehead atoms. The molecular formula is C14H25O. The molecule has 1 heteroatoms. The van der Waals surface area contributed by atoms with Crippen LogP contribution in [0.4, 0.5) is 0 Å². The Kier molecular flexibility index (Phi) is 4.49. The average Bonchev–Trinajstić information content (AvgIpc) is 2.31. The van der Waals surface area contributed by atoms with Crippen molar-refractivity contribution in [1.82, 2.24) is 0 Å². The van der Waals surface area contributed by atoms with E-state index in [0.29, 0.717) is 5.92 Å². The van der Waals surface area contributed by atoms with Crippen LogP contribution in [0.15, 0.2) is 0 Å². The van der Waals surface area contributed by atoms with Crippen LogP contribution in [-0.4, -0.2) is 11.2 Å². The van der Waals surface area contributed by atoms with Crippen LogP contribution < -0.4 is 0 Å². The summed E-state index contributed by atoms with van der Waals surface area (Å²) in [7, 11) is 0. The molecule has 2 rings (SSSR count). The van der Waals surface area contributed by atoms with E-state index >= 15 is 0 Å². The first kappa shape index (κ1) is 11.4. The lowest BCUT2D eigenvalue weighted by atomic mass is 9.78. The minimum Gasteiger partial charge on any atom is -0.393 e. The van der Waals surface area contributed by atoms with Gasteiger partial charge in [-0.1, -0.05) is 38.5 Å². The van der Waals surface area contributed by atoms with E-state index in [-0.39, 0.29) is 6.10 Å². The summed E-state index contributed by atoms with van der Waals surface area (Å²) in [6, 6.07) is 0. The van der Waals surface area contributed by atoms with Gasteiger partial charge in [0.05, 0.1) is 6.10 Å². The molecule has 0 aromatic carbocycles. The monoisotopic (exact) mass is 209 g/mol. The van der Waals surface area contributed by atoms with Gasteiger partial charge in [-0.2, -0.15) is 0 Å². The summed E-state index contributed by atoms with van der Waals surface area (Å²) in [5.41, 5.74) is 0. The summed E-state index contributed by atoms with van der Waals surface area (Å²) in [6.07, 6.45) is 14.4. The number of hydrogen-bond donors (Lipinski definition) is 1. The molecule has 1 atom stereocenters. The molecule has 2 aliphatic rings. The maximum atomic E-state index is 10.2. The Balaban J connectivity index is 1.72. The number of hydrogen-bond acceptors (Lipinski definition) is 1. The van der Waals surface area contributed by atoms with Gasteiger partial charge in [0.25, 0.3) is 0 Å². The minimum absolute atomic E-state index is 0.0154. The first-order valence-electron chi connectivity index (χ1n) is 6.88. The molecule has 15 heavy (non-hydrogen) atoms. The molecule has 0 aromatic heterocycles. The van der Waals surface area contributed by atoms with E-state index in [1.54, 1.807) is 5.92 Å². The van der Waals surface area contributed by atoms with E-state index in [0.717, 1.165) is 6.42 Å². The Bertz CT molecular complexity index is 166. The Morgan fingerprint density at radius 2 is 1.53 bits per heavy atom. The third kappa shape index (κ3) is 3.48. The number of rotatable bonds is 3. The van der Waals surface area contributed by atoms with Crippen molar-refractivity contribution in [3.8, 4) is 0 Å². The standard InChI is InChI=1S/C14H25O/c15-14(13-9-5-2-6-10-13)11-12-7-3-1-4-8-12/h13-15H,1-11H2. The summed E-state index contributed by atoms with van der Waals surface area (Å²) < 4.78 is 0. The van der Waals surface area contributed by atoms with Gasteiger partial charge in [-0.3, -0.25) is 0 Å². The number of aliphatic hydroxyl groups excluding tert-OH is 1. The molecule has 0 amide bonds. The molecule has 1 radical (unpaired) electrons. The van der Waals surface area contributed by atoms with Gasteiger partial charge < -0.3 is 5.11 Å². The molecule has 1 nitrogen and oxygen atoms in total. The molecule has 0 aromatic rings. The summed E-state index contributed by atoms with van der Waals surface area (Å²) in [4.78, 5) is 0. The smallest absolute Gasteiger partial charge is 0.0573 e. The van der Waals surface area contributed by atoms with Gasteiger partial charge in [-0.25, -0.2) is 0 Å². The molecule has 0 heterocycles. The maximum absolute atomic E-state index is 10.2. The summed E-state index contributed by atoms with van der Waals surface area (Å²) in [6.45, 7) is 0. The van der Waals surface area contributed by atoms with Crippen LogP contribution in [-0.2, 0) is 0 Å². The second-order valence-corrected chi connectivity index (χ2v) is 5.48. The van der Waals surface area contributed by atoms with Crippen LogP contribution in [0.1, 0.15) is 70.6 Å². The van der Waals surface area contributed by atoms with Crippen molar-refractivity contribution in [2.75, 3.05) is 0 Å². The third-order valence-corrected chi connectivity index (χ3v) is 4.25. The van der Waals surface area contributed by atoms with Crippen LogP contribution >= 0.6 is 0 Å². The minimum atomic E-state index is -0.0154. The normalized spacial score (nSPS) is 27.8. The zero-order chi connectivity index (χ0) is 10.5. The van der Waals surface area contributed by atoms with E-state index in [9.17, 15) is 5.11 Å². The van der Waals surface area contributed by atoms with Gasteiger partial charge >= 0.3 is 0 Å². The topological polar surface area (TPSA) is 20.2 Å². The quantitative estimate of drug-likeness (QED) is 0.748. The predicted octanol–water partition coefficient (Wildman–Crippen LogP) is 3.86. The molecule has 0 spiro atoms. The Labute approximate surface area is 94.3 Å². The van der Waals surface area contributed by atoms with Gasteiger partial charge in [0, 0.05) is 0 Å². The molecular weight excluding hydrogens is 184 g/mol. The van der Waals surface area contributed by atoms with Crippen molar-refractivity contribution in [2.24, 2.45) is 5.92 Å². The van der Waals surface area contributed by atoms with Crippen molar-refractivity contribution in [3.63, 3.8) is 0 Å². The van der Waals surface area contributed by atoms with Gasteiger partial charge in [-0.15, -0.1) is 0 Å². The fourth-order valence-electron chi connectivity index (χ4n) is 3.24. The highest BCUT2D eigenvalue weighted by molar-refractivity contribution is 4.95. The van der Waals surface area contributed by atoms with E-state index in [4.69, 9.17) is 0 Å². The van der Waals surface area contributed by atoms with E-state index in [1.165, 1.54) is 64.2 Å². The second kappa shape index (κ2) is 5.89. The van der Waals surface area contributed by atoms with E-state index in [1.807, 2.05) is 0 Å². The molecule has 2 fully saturated rings. The Hall–Kier alpha value is -0.0400. The maximum Gasteiger partial charge on any atom is 0.0573 e. The first-order chi connectivity index (χ1) is 7.36. The zero-order valence-electron chi connectivity index (χ0n) is 9.88. The van der Waals surface area contributed by atoms with Crippen molar-refractivity contribution in [1.29, 1.82) is 0 Å². The van der Waals surface area contributed by atoms with Crippen molar-refractivity contribution in [3.05, 3.63) is 5.92 Å². The van der Waals surface area contributed by atoms with Crippen molar-refractivity contribution >= 4 is 0 Å². The third-order valence-electron chi connectivity index (χ3n) is 4.25.